The Kier molecular flexibility index (Phi) is 8.40. The summed E-state index contributed by atoms with van der Waals surface area (Å²) in [5.41, 5.74) is 1.06. The number of ether oxygens (including phenoxy) is 1. The van der Waals surface area contributed by atoms with E-state index < -0.39 is 15.7 Å². The molecule has 36 heavy (non-hydrogen) atoms. The molecule has 1 aromatic carbocycles. The van der Waals surface area contributed by atoms with Crippen molar-refractivity contribution in [2.45, 2.75) is 81.5 Å². The molecule has 0 aliphatic heterocycles. The zero-order chi connectivity index (χ0) is 25.7. The van der Waals surface area contributed by atoms with Crippen LogP contribution in [0.2, 0.25) is 0 Å². The third kappa shape index (κ3) is 6.31. The second-order valence-electron chi connectivity index (χ2n) is 8.90. The summed E-state index contributed by atoms with van der Waals surface area (Å²) in [7, 11) is -3.34. The summed E-state index contributed by atoms with van der Waals surface area (Å²) in [5.74, 6) is -0.895. The number of hydrogen-bond donors (Lipinski definition) is 1. The van der Waals surface area contributed by atoms with E-state index >= 15 is 0 Å². The predicted molar refractivity (Wildman–Crippen MR) is 137 cm³/mol. The molecule has 0 atom stereocenters. The largest absolute Gasteiger partial charge is 0.466 e. The molecule has 4 rings (SSSR count). The first-order chi connectivity index (χ1) is 17.3. The molecule has 1 aromatic heterocycles. The summed E-state index contributed by atoms with van der Waals surface area (Å²) in [4.78, 5) is 36.5. The van der Waals surface area contributed by atoms with Gasteiger partial charge in [-0.05, 0) is 64.0 Å². The first-order valence-electron chi connectivity index (χ1n) is 12.4. The highest BCUT2D eigenvalue weighted by molar-refractivity contribution is 7.92. The Labute approximate surface area is 215 Å². The van der Waals surface area contributed by atoms with Crippen molar-refractivity contribution in [1.82, 2.24) is 4.98 Å². The molecule has 0 bridgehead atoms. The minimum atomic E-state index is -3.34. The number of anilines is 1. The van der Waals surface area contributed by atoms with Gasteiger partial charge in [0.25, 0.3) is 5.91 Å². The summed E-state index contributed by atoms with van der Waals surface area (Å²) < 4.78 is 30.1. The summed E-state index contributed by atoms with van der Waals surface area (Å²) in [6.07, 6.45) is 5.86. The lowest BCUT2D eigenvalue weighted by molar-refractivity contribution is -0.142. The quantitative estimate of drug-likeness (QED) is 0.262. The van der Waals surface area contributed by atoms with E-state index in [1.807, 2.05) is 6.92 Å². The van der Waals surface area contributed by atoms with E-state index in [1.165, 1.54) is 23.5 Å². The van der Waals surface area contributed by atoms with Crippen LogP contribution in [0.4, 0.5) is 5.13 Å². The number of sulfone groups is 1. The first-order valence-corrected chi connectivity index (χ1v) is 14.7. The Morgan fingerprint density at radius 3 is 2.42 bits per heavy atom. The van der Waals surface area contributed by atoms with E-state index in [0.717, 1.165) is 30.6 Å². The Hall–Kier alpha value is -2.79. The van der Waals surface area contributed by atoms with Gasteiger partial charge in [0.05, 0.1) is 28.9 Å². The molecule has 0 radical (unpaired) electrons. The Balaban J connectivity index is 1.56. The number of benzene rings is 1. The van der Waals surface area contributed by atoms with Gasteiger partial charge in [-0.15, -0.1) is 11.3 Å². The van der Waals surface area contributed by atoms with Gasteiger partial charge < -0.3 is 9.57 Å². The van der Waals surface area contributed by atoms with Crippen molar-refractivity contribution in [3.05, 3.63) is 40.4 Å². The van der Waals surface area contributed by atoms with Gasteiger partial charge in [0.15, 0.2) is 20.7 Å². The van der Waals surface area contributed by atoms with Crippen LogP contribution in [0.5, 0.6) is 0 Å². The van der Waals surface area contributed by atoms with Gasteiger partial charge in [-0.2, -0.15) is 0 Å². The fourth-order valence-electron chi connectivity index (χ4n) is 4.08. The highest BCUT2D eigenvalue weighted by Gasteiger charge is 2.36. The van der Waals surface area contributed by atoms with E-state index in [-0.39, 0.29) is 41.0 Å². The maximum Gasteiger partial charge on any atom is 0.311 e. The normalized spacial score (nSPS) is 16.7. The number of thiazole rings is 1. The molecule has 1 heterocycles. The van der Waals surface area contributed by atoms with Gasteiger partial charge in [-0.3, -0.25) is 14.9 Å². The van der Waals surface area contributed by atoms with Crippen LogP contribution in [0, 0.1) is 0 Å². The number of hydrogen-bond acceptors (Lipinski definition) is 9. The lowest BCUT2D eigenvalue weighted by Gasteiger charge is -2.11. The van der Waals surface area contributed by atoms with Crippen LogP contribution in [0.15, 0.2) is 34.3 Å². The van der Waals surface area contributed by atoms with Crippen LogP contribution >= 0.6 is 11.3 Å². The molecule has 1 N–H and O–H groups in total. The second kappa shape index (κ2) is 11.5. The third-order valence-corrected chi connectivity index (χ3v) is 9.60. The standard InChI is InChI=1S/C25H31N3O6S2/c1-3-21-20(15-22(29)33-4-2)26-25(35-21)27-24(30)23(28-34-17-7-5-6-8-17)16-9-11-18(12-10-16)36(31,32)19-13-14-19/h9-12,17,19H,3-8,13-15H2,1-2H3,(H,26,27,30). The van der Waals surface area contributed by atoms with Gasteiger partial charge >= 0.3 is 5.97 Å². The molecule has 9 nitrogen and oxygen atoms in total. The number of aryl methyl sites for hydroxylation is 1. The summed E-state index contributed by atoms with van der Waals surface area (Å²) >= 11 is 1.29. The minimum Gasteiger partial charge on any atom is -0.466 e. The topological polar surface area (TPSA) is 124 Å². The zero-order valence-electron chi connectivity index (χ0n) is 20.5. The average Bonchev–Trinajstić information content (AvgIpc) is 3.48. The highest BCUT2D eigenvalue weighted by atomic mass is 32.2. The van der Waals surface area contributed by atoms with Crippen molar-refractivity contribution in [3.63, 3.8) is 0 Å². The van der Waals surface area contributed by atoms with E-state index in [4.69, 9.17) is 9.57 Å². The number of oxime groups is 1. The van der Waals surface area contributed by atoms with Crippen LogP contribution < -0.4 is 5.32 Å². The Bertz CT molecular complexity index is 1230. The van der Waals surface area contributed by atoms with E-state index in [1.54, 1.807) is 19.1 Å². The number of carbonyl (C=O) groups is 2. The number of aromatic nitrogens is 1. The van der Waals surface area contributed by atoms with Gasteiger partial charge in [-0.1, -0.05) is 24.2 Å². The Morgan fingerprint density at radius 1 is 1.11 bits per heavy atom. The molecule has 0 unspecified atom stereocenters. The van der Waals surface area contributed by atoms with Crippen LogP contribution in [-0.4, -0.2) is 49.0 Å². The van der Waals surface area contributed by atoms with Crippen molar-refractivity contribution < 1.29 is 27.6 Å². The minimum absolute atomic E-state index is 0.0338. The molecule has 0 spiro atoms. The van der Waals surface area contributed by atoms with Crippen LogP contribution in [0.3, 0.4) is 0 Å². The van der Waals surface area contributed by atoms with Crippen LogP contribution in [0.1, 0.15) is 68.5 Å². The van der Waals surface area contributed by atoms with E-state index in [9.17, 15) is 18.0 Å². The fourth-order valence-corrected chi connectivity index (χ4v) is 6.65. The number of carbonyl (C=O) groups excluding carboxylic acids is 2. The number of rotatable bonds is 11. The van der Waals surface area contributed by atoms with Crippen molar-refractivity contribution >= 4 is 43.9 Å². The molecule has 2 aliphatic carbocycles. The van der Waals surface area contributed by atoms with Gasteiger partial charge in [0, 0.05) is 10.4 Å². The monoisotopic (exact) mass is 533 g/mol. The molecule has 194 valence electrons. The van der Waals surface area contributed by atoms with Gasteiger partial charge in [0.1, 0.15) is 6.10 Å². The molecule has 1 amide bonds. The number of amides is 1. The summed E-state index contributed by atoms with van der Waals surface area (Å²) in [6, 6.07) is 6.18. The molecular formula is C25H31N3O6S2. The molecule has 2 fully saturated rings. The number of esters is 1. The van der Waals surface area contributed by atoms with Crippen molar-refractivity contribution in [2.75, 3.05) is 11.9 Å². The third-order valence-electron chi connectivity index (χ3n) is 6.17. The molecule has 2 saturated carbocycles. The van der Waals surface area contributed by atoms with Gasteiger partial charge in [-0.25, -0.2) is 13.4 Å². The average molecular weight is 534 g/mol. The van der Waals surface area contributed by atoms with Crippen LogP contribution in [-0.2, 0) is 41.8 Å². The van der Waals surface area contributed by atoms with Crippen molar-refractivity contribution in [2.24, 2.45) is 5.16 Å². The fraction of sp³-hybridized carbons (Fsp3) is 0.520. The summed E-state index contributed by atoms with van der Waals surface area (Å²) in [5, 5.41) is 7.00. The lowest BCUT2D eigenvalue weighted by atomic mass is 10.1. The number of nitrogens with zero attached hydrogens (tertiary/aromatic N) is 2. The van der Waals surface area contributed by atoms with Crippen molar-refractivity contribution in [3.8, 4) is 0 Å². The van der Waals surface area contributed by atoms with Crippen LogP contribution in [0.25, 0.3) is 0 Å². The second-order valence-corrected chi connectivity index (χ2v) is 12.2. The maximum absolute atomic E-state index is 13.3. The molecule has 0 saturated heterocycles. The number of nitrogens with one attached hydrogen (secondary N) is 1. The van der Waals surface area contributed by atoms with Gasteiger partial charge in [0.2, 0.25) is 0 Å². The summed E-state index contributed by atoms with van der Waals surface area (Å²) in [6.45, 7) is 3.98. The zero-order valence-corrected chi connectivity index (χ0v) is 22.1. The predicted octanol–water partition coefficient (Wildman–Crippen LogP) is 4.05. The molecule has 2 aromatic rings. The first kappa shape index (κ1) is 26.3. The highest BCUT2D eigenvalue weighted by Crippen LogP contribution is 2.33. The SMILES string of the molecule is CCOC(=O)Cc1nc(NC(=O)C(=NOC2CCCC2)c2ccc(S(=O)(=O)C3CC3)cc2)sc1CC. The molecule has 11 heteroatoms. The van der Waals surface area contributed by atoms with Crippen molar-refractivity contribution in [1.29, 1.82) is 0 Å². The lowest BCUT2D eigenvalue weighted by Crippen LogP contribution is -2.25. The Morgan fingerprint density at radius 2 is 1.81 bits per heavy atom. The van der Waals surface area contributed by atoms with E-state index in [2.05, 4.69) is 15.5 Å². The molecular weight excluding hydrogens is 502 g/mol. The molecule has 2 aliphatic rings. The smallest absolute Gasteiger partial charge is 0.311 e. The van der Waals surface area contributed by atoms with E-state index in [0.29, 0.717) is 35.7 Å². The maximum atomic E-state index is 13.3.